The number of nitrogens with zero attached hydrogens (tertiary/aromatic N) is 1. The van der Waals surface area contributed by atoms with E-state index < -0.39 is 0 Å². The lowest BCUT2D eigenvalue weighted by Gasteiger charge is -2.27. The van der Waals surface area contributed by atoms with Gasteiger partial charge in [-0.1, -0.05) is 0 Å². The molecule has 0 amide bonds. The maximum Gasteiger partial charge on any atom is 0.128 e. The molecule has 1 aliphatic rings. The third-order valence-electron chi connectivity index (χ3n) is 3.33. The summed E-state index contributed by atoms with van der Waals surface area (Å²) in [6, 6.07) is 3.59. The lowest BCUT2D eigenvalue weighted by molar-refractivity contribution is 0.220. The van der Waals surface area contributed by atoms with E-state index in [4.69, 9.17) is 0 Å². The van der Waals surface area contributed by atoms with Gasteiger partial charge in [0, 0.05) is 24.7 Å². The summed E-state index contributed by atoms with van der Waals surface area (Å²) in [5.41, 5.74) is 0.451. The minimum atomic E-state index is -0.374. The second-order valence-corrected chi connectivity index (χ2v) is 4.48. The molecule has 0 bridgehead atoms. The Morgan fingerprint density at radius 2 is 2.00 bits per heavy atom. The highest BCUT2D eigenvalue weighted by Crippen LogP contribution is 2.24. The number of hydrogen-bond acceptors (Lipinski definition) is 2. The van der Waals surface area contributed by atoms with Crippen molar-refractivity contribution in [2.75, 3.05) is 26.2 Å². The van der Waals surface area contributed by atoms with Gasteiger partial charge in [-0.3, -0.25) is 4.90 Å². The number of halogens is 3. The van der Waals surface area contributed by atoms with Crippen LogP contribution in [0.5, 0.6) is 0 Å². The van der Waals surface area contributed by atoms with E-state index in [1.807, 2.05) is 6.92 Å². The van der Waals surface area contributed by atoms with Crippen LogP contribution in [0.25, 0.3) is 0 Å². The van der Waals surface area contributed by atoms with Gasteiger partial charge in [0.25, 0.3) is 0 Å². The molecule has 2 rings (SSSR count). The Kier molecular flexibility index (Phi) is 5.99. The van der Waals surface area contributed by atoms with Gasteiger partial charge in [-0.15, -0.1) is 12.4 Å². The highest BCUT2D eigenvalue weighted by molar-refractivity contribution is 5.85. The van der Waals surface area contributed by atoms with Gasteiger partial charge in [0.05, 0.1) is 0 Å². The first-order valence-electron chi connectivity index (χ1n) is 6.08. The van der Waals surface area contributed by atoms with Crippen molar-refractivity contribution in [2.45, 2.75) is 19.4 Å². The quantitative estimate of drug-likeness (QED) is 0.894. The van der Waals surface area contributed by atoms with Gasteiger partial charge in [-0.2, -0.15) is 0 Å². The fraction of sp³-hybridized carbons (Fsp3) is 0.538. The average molecular weight is 277 g/mol. The molecular weight excluding hydrogens is 258 g/mol. The van der Waals surface area contributed by atoms with Gasteiger partial charge >= 0.3 is 0 Å². The third-order valence-corrected chi connectivity index (χ3v) is 3.33. The van der Waals surface area contributed by atoms with Crippen LogP contribution in [0.2, 0.25) is 0 Å². The summed E-state index contributed by atoms with van der Waals surface area (Å²) < 4.78 is 26.8. The van der Waals surface area contributed by atoms with Gasteiger partial charge in [-0.05, 0) is 44.6 Å². The van der Waals surface area contributed by atoms with Gasteiger partial charge in [0.2, 0.25) is 0 Å². The van der Waals surface area contributed by atoms with E-state index in [2.05, 4.69) is 10.2 Å². The van der Waals surface area contributed by atoms with E-state index in [9.17, 15) is 8.78 Å². The Hall–Kier alpha value is -0.710. The molecule has 0 radical (unpaired) electrons. The highest BCUT2D eigenvalue weighted by Gasteiger charge is 2.20. The molecular formula is C13H19ClF2N2. The monoisotopic (exact) mass is 276 g/mol. The third kappa shape index (κ3) is 3.64. The van der Waals surface area contributed by atoms with Gasteiger partial charge < -0.3 is 5.32 Å². The lowest BCUT2D eigenvalue weighted by Crippen LogP contribution is -2.31. The Labute approximate surface area is 113 Å². The standard InChI is InChI=1S/C13H18F2N2.ClH/c1-10(17-7-2-5-16-6-8-17)12-9-11(14)3-4-13(12)15;/h3-4,9-10,16H,2,5-8H2,1H3;1H. The summed E-state index contributed by atoms with van der Waals surface area (Å²) in [4.78, 5) is 2.19. The second-order valence-electron chi connectivity index (χ2n) is 4.48. The SMILES string of the molecule is CC(c1cc(F)ccc1F)N1CCCNCC1.Cl. The summed E-state index contributed by atoms with van der Waals surface area (Å²) in [5.74, 6) is -0.697. The Bertz CT molecular complexity index is 379. The average Bonchev–Trinajstić information content (AvgIpc) is 2.60. The molecule has 1 fully saturated rings. The zero-order chi connectivity index (χ0) is 12.3. The minimum Gasteiger partial charge on any atom is -0.315 e. The van der Waals surface area contributed by atoms with Crippen LogP contribution < -0.4 is 5.32 Å². The molecule has 1 saturated heterocycles. The smallest absolute Gasteiger partial charge is 0.128 e. The van der Waals surface area contributed by atoms with Crippen LogP contribution in [0.3, 0.4) is 0 Å². The van der Waals surface area contributed by atoms with Crippen molar-refractivity contribution in [3.05, 3.63) is 35.4 Å². The van der Waals surface area contributed by atoms with E-state index in [1.54, 1.807) is 0 Å². The van der Waals surface area contributed by atoms with Crippen LogP contribution >= 0.6 is 12.4 Å². The molecule has 102 valence electrons. The first kappa shape index (κ1) is 15.3. The summed E-state index contributed by atoms with van der Waals surface area (Å²) >= 11 is 0. The fourth-order valence-corrected chi connectivity index (χ4v) is 2.29. The molecule has 1 heterocycles. The van der Waals surface area contributed by atoms with Crippen molar-refractivity contribution in [1.29, 1.82) is 0 Å². The Morgan fingerprint density at radius 3 is 2.78 bits per heavy atom. The molecule has 2 nitrogen and oxygen atoms in total. The van der Waals surface area contributed by atoms with Crippen molar-refractivity contribution >= 4 is 12.4 Å². The Morgan fingerprint density at radius 1 is 1.22 bits per heavy atom. The van der Waals surface area contributed by atoms with Crippen molar-refractivity contribution in [2.24, 2.45) is 0 Å². The zero-order valence-corrected chi connectivity index (χ0v) is 11.3. The van der Waals surface area contributed by atoms with Crippen LogP contribution in [0.15, 0.2) is 18.2 Å². The minimum absolute atomic E-state index is 0. The molecule has 1 aromatic rings. The number of nitrogens with one attached hydrogen (secondary N) is 1. The number of rotatable bonds is 2. The fourth-order valence-electron chi connectivity index (χ4n) is 2.29. The van der Waals surface area contributed by atoms with Crippen LogP contribution in [-0.2, 0) is 0 Å². The molecule has 18 heavy (non-hydrogen) atoms. The maximum atomic E-state index is 13.7. The van der Waals surface area contributed by atoms with Crippen molar-refractivity contribution in [3.8, 4) is 0 Å². The first-order chi connectivity index (χ1) is 8.18. The van der Waals surface area contributed by atoms with Crippen molar-refractivity contribution in [1.82, 2.24) is 10.2 Å². The maximum absolute atomic E-state index is 13.7. The first-order valence-corrected chi connectivity index (χ1v) is 6.08. The van der Waals surface area contributed by atoms with E-state index in [1.165, 1.54) is 12.1 Å². The highest BCUT2D eigenvalue weighted by atomic mass is 35.5. The van der Waals surface area contributed by atoms with Crippen LogP contribution in [0, 0.1) is 11.6 Å². The molecule has 1 unspecified atom stereocenters. The van der Waals surface area contributed by atoms with E-state index in [0.717, 1.165) is 38.7 Å². The largest absolute Gasteiger partial charge is 0.315 e. The topological polar surface area (TPSA) is 15.3 Å². The normalized spacial score (nSPS) is 18.8. The van der Waals surface area contributed by atoms with E-state index in [0.29, 0.717) is 5.56 Å². The molecule has 1 aromatic carbocycles. The molecule has 1 aliphatic heterocycles. The van der Waals surface area contributed by atoms with Gasteiger partial charge in [-0.25, -0.2) is 8.78 Å². The van der Waals surface area contributed by atoms with Crippen molar-refractivity contribution in [3.63, 3.8) is 0 Å². The van der Waals surface area contributed by atoms with E-state index >= 15 is 0 Å². The number of hydrogen-bond donors (Lipinski definition) is 1. The van der Waals surface area contributed by atoms with Crippen molar-refractivity contribution < 1.29 is 8.78 Å². The predicted octanol–water partition coefficient (Wildman–Crippen LogP) is 2.74. The van der Waals surface area contributed by atoms with E-state index in [-0.39, 0.29) is 30.1 Å². The van der Waals surface area contributed by atoms with Gasteiger partial charge in [0.15, 0.2) is 0 Å². The molecule has 1 atom stereocenters. The van der Waals surface area contributed by atoms with Crippen LogP contribution in [-0.4, -0.2) is 31.1 Å². The second kappa shape index (κ2) is 7.02. The molecule has 0 aliphatic carbocycles. The predicted molar refractivity (Wildman–Crippen MR) is 71.1 cm³/mol. The number of benzene rings is 1. The lowest BCUT2D eigenvalue weighted by atomic mass is 10.1. The summed E-state index contributed by atoms with van der Waals surface area (Å²) in [6.07, 6.45) is 1.04. The summed E-state index contributed by atoms with van der Waals surface area (Å²) in [6.45, 7) is 5.63. The van der Waals surface area contributed by atoms with Gasteiger partial charge in [0.1, 0.15) is 11.6 Å². The molecule has 0 spiro atoms. The zero-order valence-electron chi connectivity index (χ0n) is 10.5. The Balaban J connectivity index is 0.00000162. The molecule has 0 saturated carbocycles. The van der Waals surface area contributed by atoms with Crippen LogP contribution in [0.1, 0.15) is 24.9 Å². The van der Waals surface area contributed by atoms with Crippen LogP contribution in [0.4, 0.5) is 8.78 Å². The molecule has 5 heteroatoms. The summed E-state index contributed by atoms with van der Waals surface area (Å²) in [5, 5.41) is 3.30. The summed E-state index contributed by atoms with van der Waals surface area (Å²) in [7, 11) is 0. The molecule has 0 aromatic heterocycles. The molecule has 1 N–H and O–H groups in total.